The molecule has 16 aromatic carbocycles. The van der Waals surface area contributed by atoms with Gasteiger partial charge in [0.25, 0.3) is 0 Å². The maximum Gasteiger partial charge on any atom is 0.0434 e. The van der Waals surface area contributed by atoms with Crippen molar-refractivity contribution in [3.05, 3.63) is 340 Å². The van der Waals surface area contributed by atoms with Crippen LogP contribution in [0.4, 0.5) is 0 Å². The number of benzene rings is 16. The van der Waals surface area contributed by atoms with Crippen molar-refractivity contribution in [2.45, 2.75) is 0 Å². The maximum atomic E-state index is 2.42. The normalized spacial score (nSPS) is 11.6. The molecule has 18 aromatic rings. The molecular weight excluding hydrogens is 1120 g/mol. The summed E-state index contributed by atoms with van der Waals surface area (Å²) < 4.78 is 5.33. The van der Waals surface area contributed by atoms with Gasteiger partial charge < -0.3 is 0 Å². The van der Waals surface area contributed by atoms with Crippen molar-refractivity contribution in [3.8, 4) is 89.0 Å². The zero-order valence-electron chi connectivity index (χ0n) is 49.1. The third-order valence-electron chi connectivity index (χ3n) is 18.1. The van der Waals surface area contributed by atoms with Crippen LogP contribution >= 0.6 is 22.7 Å². The van der Waals surface area contributed by atoms with E-state index in [1.807, 2.05) is 22.7 Å². The first-order valence-corrected chi connectivity index (χ1v) is 32.5. The molecule has 2 aromatic heterocycles. The molecule has 0 spiro atoms. The maximum absolute atomic E-state index is 2.42. The van der Waals surface area contributed by atoms with Gasteiger partial charge in [-0.25, -0.2) is 0 Å². The van der Waals surface area contributed by atoms with Crippen LogP contribution < -0.4 is 0 Å². The van der Waals surface area contributed by atoms with Gasteiger partial charge in [-0.2, -0.15) is 0 Å². The fourth-order valence-electron chi connectivity index (χ4n) is 14.1. The van der Waals surface area contributed by atoms with Crippen LogP contribution in [-0.2, 0) is 0 Å². The smallest absolute Gasteiger partial charge is 0.0434 e. The lowest BCUT2D eigenvalue weighted by Crippen LogP contribution is -1.93. The van der Waals surface area contributed by atoms with Crippen LogP contribution in [-0.4, -0.2) is 0 Å². The van der Waals surface area contributed by atoms with Gasteiger partial charge in [0.2, 0.25) is 0 Å². The second-order valence-corrected chi connectivity index (χ2v) is 25.4. The summed E-state index contributed by atoms with van der Waals surface area (Å²) >= 11 is 3.80. The summed E-state index contributed by atoms with van der Waals surface area (Å²) in [5, 5.41) is 15.5. The molecule has 0 atom stereocenters. The Kier molecular flexibility index (Phi) is 13.4. The fourth-order valence-corrected chi connectivity index (χ4v) is 16.5. The largest absolute Gasteiger partial charge is 0.135 e. The lowest BCUT2D eigenvalue weighted by atomic mass is 9.83. The SMILES string of the molecule is c1ccc(-c2ccc3c(-c4ccccc4-c4ccccc4)c4ccccc4c(-c4cccc5c4sc4ccccc45)c3c2)cc1.c1ccc(-c2cccc(-c3c4ccccc4c(-c4cccc5c4sc4ccccc45)c4cc(-c5ccccc5)ccc34)c2)cc1. The quantitative estimate of drug-likeness (QED) is 0.133. The van der Waals surface area contributed by atoms with Gasteiger partial charge in [-0.05, 0) is 151 Å². The predicted octanol–water partition coefficient (Wildman–Crippen LogP) is 26.1. The zero-order chi connectivity index (χ0) is 59.5. The van der Waals surface area contributed by atoms with Crippen molar-refractivity contribution >= 4 is 106 Å². The van der Waals surface area contributed by atoms with Crippen molar-refractivity contribution in [1.82, 2.24) is 0 Å². The summed E-state index contributed by atoms with van der Waals surface area (Å²) in [7, 11) is 0. The zero-order valence-corrected chi connectivity index (χ0v) is 50.8. The van der Waals surface area contributed by atoms with E-state index in [1.54, 1.807) is 0 Å². The average molecular weight is 1180 g/mol. The number of thiophene rings is 2. The van der Waals surface area contributed by atoms with E-state index in [2.05, 4.69) is 340 Å². The highest BCUT2D eigenvalue weighted by Gasteiger charge is 2.24. The summed E-state index contributed by atoms with van der Waals surface area (Å²) in [6.45, 7) is 0. The van der Waals surface area contributed by atoms with E-state index in [-0.39, 0.29) is 0 Å². The van der Waals surface area contributed by atoms with E-state index in [0.29, 0.717) is 0 Å². The van der Waals surface area contributed by atoms with Crippen LogP contribution in [0.2, 0.25) is 0 Å². The molecule has 0 fully saturated rings. The molecule has 0 nitrogen and oxygen atoms in total. The Morgan fingerprint density at radius 1 is 0.144 bits per heavy atom. The van der Waals surface area contributed by atoms with Gasteiger partial charge in [0, 0.05) is 51.5 Å². The molecule has 0 bridgehead atoms. The molecule has 18 rings (SSSR count). The number of rotatable bonds is 8. The van der Waals surface area contributed by atoms with Gasteiger partial charge >= 0.3 is 0 Å². The summed E-state index contributed by atoms with van der Waals surface area (Å²) in [4.78, 5) is 0. The van der Waals surface area contributed by atoms with Crippen LogP contribution in [0.25, 0.3) is 172 Å². The summed E-state index contributed by atoms with van der Waals surface area (Å²) in [5.74, 6) is 0. The van der Waals surface area contributed by atoms with Crippen LogP contribution in [0, 0.1) is 0 Å². The first kappa shape index (κ1) is 53.3. The van der Waals surface area contributed by atoms with Gasteiger partial charge in [0.15, 0.2) is 0 Å². The minimum Gasteiger partial charge on any atom is -0.135 e. The highest BCUT2D eigenvalue weighted by Crippen LogP contribution is 2.52. The van der Waals surface area contributed by atoms with E-state index >= 15 is 0 Å². The number of fused-ring (bicyclic) bond motifs is 10. The number of hydrogen-bond acceptors (Lipinski definition) is 2. The van der Waals surface area contributed by atoms with E-state index in [9.17, 15) is 0 Å². The third-order valence-corrected chi connectivity index (χ3v) is 20.6. The Morgan fingerprint density at radius 2 is 0.444 bits per heavy atom. The molecule has 90 heavy (non-hydrogen) atoms. The third kappa shape index (κ3) is 9.19. The second-order valence-electron chi connectivity index (χ2n) is 23.3. The molecule has 2 heteroatoms. The molecule has 0 radical (unpaired) electrons. The van der Waals surface area contributed by atoms with Gasteiger partial charge in [0.1, 0.15) is 0 Å². The minimum absolute atomic E-state index is 1.23. The average Bonchev–Trinajstić information content (AvgIpc) is 1.03. The Balaban J connectivity index is 0.000000139. The molecule has 0 unspecified atom stereocenters. The van der Waals surface area contributed by atoms with E-state index in [4.69, 9.17) is 0 Å². The highest BCUT2D eigenvalue weighted by atomic mass is 32.1. The minimum atomic E-state index is 1.23. The lowest BCUT2D eigenvalue weighted by Gasteiger charge is -2.20. The van der Waals surface area contributed by atoms with Gasteiger partial charge in [-0.1, -0.05) is 309 Å². The summed E-state index contributed by atoms with van der Waals surface area (Å²) in [5.41, 5.74) is 20.1. The number of hydrogen-bond donors (Lipinski definition) is 0. The van der Waals surface area contributed by atoms with Crippen LogP contribution in [0.5, 0.6) is 0 Å². The fraction of sp³-hybridized carbons (Fsp3) is 0. The molecule has 0 aliphatic carbocycles. The highest BCUT2D eigenvalue weighted by molar-refractivity contribution is 7.26. The Hall–Kier alpha value is -11.0. The van der Waals surface area contributed by atoms with E-state index < -0.39 is 0 Å². The van der Waals surface area contributed by atoms with Crippen molar-refractivity contribution in [2.24, 2.45) is 0 Å². The predicted molar refractivity (Wildman–Crippen MR) is 392 cm³/mol. The molecule has 0 aliphatic heterocycles. The van der Waals surface area contributed by atoms with Crippen LogP contribution in [0.15, 0.2) is 340 Å². The molecule has 0 saturated carbocycles. The van der Waals surface area contributed by atoms with Gasteiger partial charge in [0.05, 0.1) is 0 Å². The first-order valence-electron chi connectivity index (χ1n) is 30.9. The molecule has 0 N–H and O–H groups in total. The van der Waals surface area contributed by atoms with Crippen LogP contribution in [0.3, 0.4) is 0 Å². The summed E-state index contributed by atoms with van der Waals surface area (Å²) in [6.07, 6.45) is 0. The van der Waals surface area contributed by atoms with Crippen molar-refractivity contribution < 1.29 is 0 Å². The summed E-state index contributed by atoms with van der Waals surface area (Å²) in [6, 6.07) is 124. The molecule has 420 valence electrons. The van der Waals surface area contributed by atoms with Gasteiger partial charge in [-0.3, -0.25) is 0 Å². The molecule has 2 heterocycles. The monoisotopic (exact) mass is 1180 g/mol. The molecular formula is C88H56S2. The van der Waals surface area contributed by atoms with Crippen molar-refractivity contribution in [1.29, 1.82) is 0 Å². The topological polar surface area (TPSA) is 0 Å². The molecule has 0 aliphatic rings. The second kappa shape index (κ2) is 22.6. The Bertz CT molecular complexity index is 5760. The van der Waals surface area contributed by atoms with E-state index in [1.165, 1.54) is 172 Å². The standard InChI is InChI=1S/2C44H28S/c1-3-13-29(14-4-1)31-17-11-18-33(27-31)42-35-20-7-8-21-36(35)43(40-28-32(25-26-37(40)42)30-15-5-2-6-16-30)39-23-12-22-38-34-19-9-10-24-41(34)45-44(38)39;1-3-14-29(15-4-1)31-26-27-37-40(28-31)43(39-24-13-23-38-33-19-11-12-25-41(33)45-44(38)39)36-22-10-9-21-35(36)42(37)34-20-8-7-18-32(34)30-16-5-2-6-17-30/h2*1-28H. The van der Waals surface area contributed by atoms with Gasteiger partial charge in [-0.15, -0.1) is 22.7 Å². The van der Waals surface area contributed by atoms with Crippen molar-refractivity contribution in [3.63, 3.8) is 0 Å². The molecule has 0 amide bonds. The molecule has 0 saturated heterocycles. The van der Waals surface area contributed by atoms with Crippen molar-refractivity contribution in [2.75, 3.05) is 0 Å². The Labute approximate surface area is 531 Å². The van der Waals surface area contributed by atoms with E-state index in [0.717, 1.165) is 0 Å². The van der Waals surface area contributed by atoms with Crippen LogP contribution in [0.1, 0.15) is 0 Å². The first-order chi connectivity index (χ1) is 44.7. The lowest BCUT2D eigenvalue weighted by molar-refractivity contribution is 1.60. The Morgan fingerprint density at radius 3 is 0.922 bits per heavy atom.